The molecule has 0 fully saturated rings. The van der Waals surface area contributed by atoms with E-state index < -0.39 is 10.0 Å². The molecule has 0 spiro atoms. The first-order valence-electron chi connectivity index (χ1n) is 6.19. The molecule has 0 bridgehead atoms. The molecule has 0 saturated carbocycles. The number of aryl methyl sites for hydroxylation is 2. The highest BCUT2D eigenvalue weighted by atomic mass is 32.2. The van der Waals surface area contributed by atoms with Crippen LogP contribution in [0.15, 0.2) is 41.8 Å². The predicted octanol–water partition coefficient (Wildman–Crippen LogP) is 1.31. The van der Waals surface area contributed by atoms with Gasteiger partial charge in [0, 0.05) is 18.9 Å². The summed E-state index contributed by atoms with van der Waals surface area (Å²) in [4.78, 5) is 4.08. The smallest absolute Gasteiger partial charge is 0.238 e. The Morgan fingerprint density at radius 3 is 2.80 bits per heavy atom. The largest absolute Gasteiger partial charge is 0.494 e. The molecule has 1 heterocycles. The zero-order valence-electron chi connectivity index (χ0n) is 11.2. The predicted molar refractivity (Wildman–Crippen MR) is 74.9 cm³/mol. The number of aromatic nitrogens is 2. The fraction of sp³-hybridized carbons (Fsp3) is 0.308. The van der Waals surface area contributed by atoms with Gasteiger partial charge in [-0.3, -0.25) is 0 Å². The molecule has 1 aromatic heterocycles. The topological polar surface area (TPSA) is 87.2 Å². The average Bonchev–Trinajstić information content (AvgIpc) is 2.86. The normalized spacial score (nSPS) is 11.5. The third-order valence-electron chi connectivity index (χ3n) is 2.84. The minimum atomic E-state index is -3.67. The van der Waals surface area contributed by atoms with E-state index in [-0.39, 0.29) is 4.90 Å². The lowest BCUT2D eigenvalue weighted by atomic mass is 10.2. The minimum absolute atomic E-state index is 0.128. The Morgan fingerprint density at radius 1 is 1.40 bits per heavy atom. The van der Waals surface area contributed by atoms with Gasteiger partial charge in [0.15, 0.2) is 0 Å². The zero-order chi connectivity index (χ0) is 14.6. The van der Waals surface area contributed by atoms with Crippen molar-refractivity contribution in [1.29, 1.82) is 0 Å². The van der Waals surface area contributed by atoms with E-state index in [1.807, 2.05) is 10.8 Å². The van der Waals surface area contributed by atoms with Crippen molar-refractivity contribution in [2.75, 3.05) is 6.61 Å². The van der Waals surface area contributed by atoms with Crippen LogP contribution >= 0.6 is 0 Å². The van der Waals surface area contributed by atoms with Crippen molar-refractivity contribution in [2.24, 2.45) is 5.14 Å². The van der Waals surface area contributed by atoms with Crippen molar-refractivity contribution >= 4 is 10.0 Å². The van der Waals surface area contributed by atoms with Gasteiger partial charge in [-0.1, -0.05) is 0 Å². The summed E-state index contributed by atoms with van der Waals surface area (Å²) in [6, 6.07) is 4.76. The van der Waals surface area contributed by atoms with Crippen LogP contribution in [-0.2, 0) is 16.6 Å². The molecule has 0 atom stereocenters. The highest BCUT2D eigenvalue weighted by molar-refractivity contribution is 7.89. The Morgan fingerprint density at radius 2 is 2.20 bits per heavy atom. The van der Waals surface area contributed by atoms with Crippen LogP contribution in [0, 0.1) is 6.92 Å². The summed E-state index contributed by atoms with van der Waals surface area (Å²) in [5.41, 5.74) is 0.583. The number of benzene rings is 1. The first-order valence-corrected chi connectivity index (χ1v) is 7.73. The van der Waals surface area contributed by atoms with Gasteiger partial charge in [0.2, 0.25) is 10.0 Å². The zero-order valence-corrected chi connectivity index (χ0v) is 12.0. The van der Waals surface area contributed by atoms with Gasteiger partial charge < -0.3 is 9.30 Å². The van der Waals surface area contributed by atoms with Crippen LogP contribution in [-0.4, -0.2) is 24.6 Å². The fourth-order valence-corrected chi connectivity index (χ4v) is 2.65. The molecule has 108 valence electrons. The lowest BCUT2D eigenvalue weighted by Crippen LogP contribution is -2.13. The quantitative estimate of drug-likeness (QED) is 0.814. The number of nitrogens with two attached hydrogens (primary N) is 1. The van der Waals surface area contributed by atoms with Crippen molar-refractivity contribution in [1.82, 2.24) is 9.55 Å². The van der Waals surface area contributed by atoms with Gasteiger partial charge in [-0.15, -0.1) is 0 Å². The number of hydrogen-bond acceptors (Lipinski definition) is 4. The monoisotopic (exact) mass is 295 g/mol. The van der Waals surface area contributed by atoms with Crippen LogP contribution in [0.25, 0.3) is 0 Å². The molecule has 0 aliphatic rings. The molecule has 2 rings (SSSR count). The molecule has 0 amide bonds. The molecule has 1 aromatic carbocycles. The molecular formula is C13H17N3O3S. The Hall–Kier alpha value is -1.86. The molecule has 0 saturated heterocycles. The SMILES string of the molecule is Cc1cc(OCCCn2ccnc2)ccc1S(N)(=O)=O. The Kier molecular flexibility index (Phi) is 4.41. The standard InChI is InChI=1S/C13H17N3O3S/c1-11-9-12(3-4-13(11)20(14,17)18)19-8-2-6-16-7-5-15-10-16/h3-5,7,9-10H,2,6,8H2,1H3,(H2,14,17,18). The van der Waals surface area contributed by atoms with E-state index in [2.05, 4.69) is 4.98 Å². The summed E-state index contributed by atoms with van der Waals surface area (Å²) < 4.78 is 30.1. The second-order valence-corrected chi connectivity index (χ2v) is 6.00. The summed E-state index contributed by atoms with van der Waals surface area (Å²) >= 11 is 0. The fourth-order valence-electron chi connectivity index (χ4n) is 1.89. The number of ether oxygens (including phenoxy) is 1. The van der Waals surface area contributed by atoms with Gasteiger partial charge >= 0.3 is 0 Å². The van der Waals surface area contributed by atoms with E-state index >= 15 is 0 Å². The van der Waals surface area contributed by atoms with Gasteiger partial charge in [-0.2, -0.15) is 0 Å². The Balaban J connectivity index is 1.89. The van der Waals surface area contributed by atoms with E-state index in [0.717, 1.165) is 13.0 Å². The van der Waals surface area contributed by atoms with Gasteiger partial charge in [-0.05, 0) is 37.1 Å². The second-order valence-electron chi connectivity index (χ2n) is 4.47. The van der Waals surface area contributed by atoms with Gasteiger partial charge in [0.25, 0.3) is 0 Å². The number of rotatable bonds is 6. The van der Waals surface area contributed by atoms with Crippen molar-refractivity contribution in [2.45, 2.75) is 24.8 Å². The summed E-state index contributed by atoms with van der Waals surface area (Å²) in [6.45, 7) is 3.07. The molecular weight excluding hydrogens is 278 g/mol. The maximum absolute atomic E-state index is 11.3. The van der Waals surface area contributed by atoms with Gasteiger partial charge in [-0.25, -0.2) is 18.5 Å². The van der Waals surface area contributed by atoms with E-state index in [1.165, 1.54) is 6.07 Å². The van der Waals surface area contributed by atoms with Gasteiger partial charge in [0.05, 0.1) is 17.8 Å². The minimum Gasteiger partial charge on any atom is -0.494 e. The van der Waals surface area contributed by atoms with E-state index in [0.29, 0.717) is 17.9 Å². The summed E-state index contributed by atoms with van der Waals surface area (Å²) in [6.07, 6.45) is 6.22. The van der Waals surface area contributed by atoms with E-state index in [9.17, 15) is 8.42 Å². The van der Waals surface area contributed by atoms with Crippen LogP contribution < -0.4 is 9.88 Å². The van der Waals surface area contributed by atoms with E-state index in [4.69, 9.17) is 9.88 Å². The number of sulfonamides is 1. The lowest BCUT2D eigenvalue weighted by Gasteiger charge is -2.09. The van der Waals surface area contributed by atoms with Crippen molar-refractivity contribution in [3.8, 4) is 5.75 Å². The molecule has 0 aliphatic carbocycles. The van der Waals surface area contributed by atoms with Crippen LogP contribution in [0.1, 0.15) is 12.0 Å². The van der Waals surface area contributed by atoms with Crippen LogP contribution in [0.2, 0.25) is 0 Å². The third-order valence-corrected chi connectivity index (χ3v) is 3.91. The molecule has 0 aliphatic heterocycles. The number of hydrogen-bond donors (Lipinski definition) is 1. The van der Waals surface area contributed by atoms with Crippen molar-refractivity contribution in [3.05, 3.63) is 42.5 Å². The molecule has 2 N–H and O–H groups in total. The first-order chi connectivity index (χ1) is 9.47. The van der Waals surface area contributed by atoms with Crippen LogP contribution in [0.5, 0.6) is 5.75 Å². The lowest BCUT2D eigenvalue weighted by molar-refractivity contribution is 0.301. The second kappa shape index (κ2) is 6.06. The maximum atomic E-state index is 11.3. The third kappa shape index (κ3) is 3.82. The average molecular weight is 295 g/mol. The van der Waals surface area contributed by atoms with E-state index in [1.54, 1.807) is 31.6 Å². The first kappa shape index (κ1) is 14.5. The number of imidazole rings is 1. The Bertz CT molecular complexity index is 666. The van der Waals surface area contributed by atoms with Crippen LogP contribution in [0.4, 0.5) is 0 Å². The molecule has 2 aromatic rings. The van der Waals surface area contributed by atoms with Crippen molar-refractivity contribution in [3.63, 3.8) is 0 Å². The maximum Gasteiger partial charge on any atom is 0.238 e. The summed E-state index contributed by atoms with van der Waals surface area (Å²) in [7, 11) is -3.67. The van der Waals surface area contributed by atoms with Crippen LogP contribution in [0.3, 0.4) is 0 Å². The highest BCUT2D eigenvalue weighted by Gasteiger charge is 2.11. The Labute approximate surface area is 118 Å². The van der Waals surface area contributed by atoms with Gasteiger partial charge in [0.1, 0.15) is 5.75 Å². The number of primary sulfonamides is 1. The summed E-state index contributed by atoms with van der Waals surface area (Å²) in [5, 5.41) is 5.11. The number of nitrogens with zero attached hydrogens (tertiary/aromatic N) is 2. The van der Waals surface area contributed by atoms with Crippen molar-refractivity contribution < 1.29 is 13.2 Å². The molecule has 20 heavy (non-hydrogen) atoms. The molecule has 7 heteroatoms. The highest BCUT2D eigenvalue weighted by Crippen LogP contribution is 2.20. The molecule has 0 unspecified atom stereocenters. The summed E-state index contributed by atoms with van der Waals surface area (Å²) in [5.74, 6) is 0.639. The molecule has 6 nitrogen and oxygen atoms in total. The molecule has 0 radical (unpaired) electrons.